The lowest BCUT2D eigenvalue weighted by molar-refractivity contribution is -0.141. The number of likely N-dealkylation sites (tertiary alicyclic amines) is 1. The summed E-state index contributed by atoms with van der Waals surface area (Å²) in [6, 6.07) is 8.39. The number of esters is 1. The van der Waals surface area contributed by atoms with Gasteiger partial charge in [-0.3, -0.25) is 9.69 Å². The number of alkyl halides is 3. The van der Waals surface area contributed by atoms with Gasteiger partial charge in [0.15, 0.2) is 0 Å². The van der Waals surface area contributed by atoms with Crippen LogP contribution in [0.4, 0.5) is 13.2 Å². The summed E-state index contributed by atoms with van der Waals surface area (Å²) < 4.78 is 58.7. The van der Waals surface area contributed by atoms with E-state index in [1.54, 1.807) is 6.07 Å². The van der Waals surface area contributed by atoms with Crippen LogP contribution < -0.4 is 9.47 Å². The number of methoxy groups -OCH3 is 1. The molecule has 2 aliphatic heterocycles. The van der Waals surface area contributed by atoms with Gasteiger partial charge in [0.25, 0.3) is 0 Å². The van der Waals surface area contributed by atoms with Crippen molar-refractivity contribution in [2.45, 2.75) is 69.7 Å². The largest absolute Gasteiger partial charge is 0.492 e. The fourth-order valence-electron chi connectivity index (χ4n) is 5.77. The molecule has 3 aliphatic rings. The Labute approximate surface area is 209 Å². The minimum absolute atomic E-state index is 0.0592. The Balaban J connectivity index is 1.37. The van der Waals surface area contributed by atoms with E-state index >= 15 is 0 Å². The lowest BCUT2D eigenvalue weighted by atomic mass is 9.96. The molecule has 8 heteroatoms. The smallest absolute Gasteiger partial charge is 0.416 e. The molecular formula is C28H32F3NO4. The molecule has 0 bridgehead atoms. The molecule has 0 amide bonds. The van der Waals surface area contributed by atoms with Crippen molar-refractivity contribution in [3.63, 3.8) is 0 Å². The average molecular weight is 504 g/mol. The van der Waals surface area contributed by atoms with Crippen LogP contribution in [0.1, 0.15) is 78.4 Å². The second-order valence-corrected chi connectivity index (χ2v) is 9.98. The predicted molar refractivity (Wildman–Crippen MR) is 128 cm³/mol. The minimum Gasteiger partial charge on any atom is -0.492 e. The third kappa shape index (κ3) is 5.19. The summed E-state index contributed by atoms with van der Waals surface area (Å²) >= 11 is 0. The monoisotopic (exact) mass is 503 g/mol. The van der Waals surface area contributed by atoms with E-state index in [9.17, 15) is 18.0 Å². The lowest BCUT2D eigenvalue weighted by Gasteiger charge is -2.25. The molecule has 36 heavy (non-hydrogen) atoms. The number of nitrogens with zero attached hydrogens (tertiary/aromatic N) is 1. The van der Waals surface area contributed by atoms with Crippen molar-refractivity contribution in [2.24, 2.45) is 0 Å². The van der Waals surface area contributed by atoms with Gasteiger partial charge in [0.1, 0.15) is 17.6 Å². The van der Waals surface area contributed by atoms with E-state index in [2.05, 4.69) is 4.90 Å². The fraction of sp³-hybridized carbons (Fsp3) is 0.536. The minimum atomic E-state index is -4.38. The zero-order chi connectivity index (χ0) is 25.3. The Kier molecular flexibility index (Phi) is 7.15. The summed E-state index contributed by atoms with van der Waals surface area (Å²) in [5.41, 5.74) is 2.46. The van der Waals surface area contributed by atoms with Crippen LogP contribution in [-0.4, -0.2) is 37.7 Å². The van der Waals surface area contributed by atoms with Crippen molar-refractivity contribution in [1.29, 1.82) is 0 Å². The molecule has 194 valence electrons. The first-order chi connectivity index (χ1) is 17.3. The molecule has 0 N–H and O–H groups in total. The van der Waals surface area contributed by atoms with Crippen molar-refractivity contribution in [2.75, 3.05) is 26.8 Å². The van der Waals surface area contributed by atoms with E-state index < -0.39 is 11.7 Å². The van der Waals surface area contributed by atoms with Gasteiger partial charge >= 0.3 is 12.1 Å². The van der Waals surface area contributed by atoms with Gasteiger partial charge in [0.05, 0.1) is 25.7 Å². The van der Waals surface area contributed by atoms with E-state index in [0.717, 1.165) is 55.5 Å². The first kappa shape index (κ1) is 24.9. The quantitative estimate of drug-likeness (QED) is 0.440. The molecule has 1 saturated heterocycles. The second kappa shape index (κ2) is 10.3. The van der Waals surface area contributed by atoms with Crippen molar-refractivity contribution in [3.8, 4) is 11.5 Å². The number of benzene rings is 2. The number of carbonyl (C=O) groups is 1. The van der Waals surface area contributed by atoms with Crippen LogP contribution in [-0.2, 0) is 28.7 Å². The summed E-state index contributed by atoms with van der Waals surface area (Å²) in [5, 5.41) is 0. The van der Waals surface area contributed by atoms with Crippen LogP contribution >= 0.6 is 0 Å². The van der Waals surface area contributed by atoms with Crippen LogP contribution in [0.2, 0.25) is 0 Å². The highest BCUT2D eigenvalue weighted by Gasteiger charge is 2.38. The molecule has 0 spiro atoms. The number of fused-ring (bicyclic) bond motifs is 2. The van der Waals surface area contributed by atoms with Crippen molar-refractivity contribution >= 4 is 5.97 Å². The molecule has 1 fully saturated rings. The maximum absolute atomic E-state index is 14.0. The maximum Gasteiger partial charge on any atom is 0.416 e. The van der Waals surface area contributed by atoms with Crippen molar-refractivity contribution in [3.05, 3.63) is 58.1 Å². The summed E-state index contributed by atoms with van der Waals surface area (Å²) in [6.07, 6.45) is 1.09. The number of hydrogen-bond acceptors (Lipinski definition) is 5. The van der Waals surface area contributed by atoms with Gasteiger partial charge in [-0.15, -0.1) is 0 Å². The van der Waals surface area contributed by atoms with Gasteiger partial charge in [0.2, 0.25) is 0 Å². The normalized spacial score (nSPS) is 21.9. The average Bonchev–Trinajstić information content (AvgIpc) is 3.34. The molecule has 2 atom stereocenters. The van der Waals surface area contributed by atoms with Crippen LogP contribution in [0, 0.1) is 0 Å². The molecule has 0 radical (unpaired) electrons. The van der Waals surface area contributed by atoms with Crippen LogP contribution in [0.5, 0.6) is 11.5 Å². The van der Waals surface area contributed by atoms with Crippen LogP contribution in [0.25, 0.3) is 0 Å². The molecule has 5 rings (SSSR count). The van der Waals surface area contributed by atoms with Gasteiger partial charge in [-0.2, -0.15) is 13.2 Å². The summed E-state index contributed by atoms with van der Waals surface area (Å²) in [6.45, 7) is 2.42. The number of hydrogen-bond donors (Lipinski definition) is 0. The highest BCUT2D eigenvalue weighted by atomic mass is 19.4. The molecular weight excluding hydrogens is 471 g/mol. The molecule has 1 unspecified atom stereocenters. The fourth-order valence-corrected chi connectivity index (χ4v) is 5.77. The van der Waals surface area contributed by atoms with Gasteiger partial charge in [-0.1, -0.05) is 25.0 Å². The van der Waals surface area contributed by atoms with Crippen molar-refractivity contribution < 1.29 is 32.2 Å². The Morgan fingerprint density at radius 2 is 1.83 bits per heavy atom. The molecule has 0 aromatic heterocycles. The lowest BCUT2D eigenvalue weighted by Crippen LogP contribution is -2.26. The van der Waals surface area contributed by atoms with Gasteiger partial charge < -0.3 is 14.2 Å². The van der Waals surface area contributed by atoms with E-state index in [0.29, 0.717) is 43.1 Å². The van der Waals surface area contributed by atoms with E-state index in [-0.39, 0.29) is 24.4 Å². The third-order valence-electron chi connectivity index (χ3n) is 7.64. The molecule has 5 nitrogen and oxygen atoms in total. The summed E-state index contributed by atoms with van der Waals surface area (Å²) in [5.74, 6) is 0.942. The Hall–Kier alpha value is -2.74. The first-order valence-electron chi connectivity index (χ1n) is 12.8. The van der Waals surface area contributed by atoms with Gasteiger partial charge in [-0.25, -0.2) is 0 Å². The molecule has 2 aromatic rings. The molecule has 2 aromatic carbocycles. The maximum atomic E-state index is 14.0. The summed E-state index contributed by atoms with van der Waals surface area (Å²) in [7, 11) is 1.37. The van der Waals surface area contributed by atoms with Gasteiger partial charge in [-0.05, 0) is 67.6 Å². The zero-order valence-electron chi connectivity index (χ0n) is 20.5. The number of rotatable bonds is 6. The number of halogens is 3. The number of carbonyl (C=O) groups excluding carboxylic acids is 1. The van der Waals surface area contributed by atoms with Crippen LogP contribution in [0.3, 0.4) is 0 Å². The van der Waals surface area contributed by atoms with E-state index in [1.807, 2.05) is 18.2 Å². The second-order valence-electron chi connectivity index (χ2n) is 9.98. The third-order valence-corrected chi connectivity index (χ3v) is 7.64. The highest BCUT2D eigenvalue weighted by Crippen LogP contribution is 2.44. The van der Waals surface area contributed by atoms with E-state index in [4.69, 9.17) is 14.2 Å². The molecule has 1 aliphatic carbocycles. The topological polar surface area (TPSA) is 48.0 Å². The summed E-state index contributed by atoms with van der Waals surface area (Å²) in [4.78, 5) is 13.8. The van der Waals surface area contributed by atoms with Crippen LogP contribution in [0.15, 0.2) is 30.3 Å². The Bertz CT molecular complexity index is 1110. The van der Waals surface area contributed by atoms with Gasteiger partial charge in [0, 0.05) is 24.1 Å². The van der Waals surface area contributed by atoms with Crippen molar-refractivity contribution in [1.82, 2.24) is 4.90 Å². The number of ether oxygens (including phenoxy) is 3. The standard InChI is InChI=1S/C28H32F3NO4/c1-34-27(33)14-18-17-35-26-15-19(6-7-20(18)26)36-25-11-9-21-22(25)8-10-24(28(29,30)31)23(21)16-32-12-4-2-3-5-13-32/h6-8,10,15,18,25H,2-5,9,11-14,16-17H2,1H3/t18?,25-/m1/s1. The van der Waals surface area contributed by atoms with E-state index in [1.165, 1.54) is 13.2 Å². The Morgan fingerprint density at radius 1 is 1.08 bits per heavy atom. The zero-order valence-corrected chi connectivity index (χ0v) is 20.5. The SMILES string of the molecule is COC(=O)CC1COc2cc(O[C@@H]3CCc4c3ccc(C(F)(F)F)c4CN3CCCCCC3)ccc21. The first-order valence-corrected chi connectivity index (χ1v) is 12.8. The highest BCUT2D eigenvalue weighted by molar-refractivity contribution is 5.71. The Morgan fingerprint density at radius 3 is 2.56 bits per heavy atom. The molecule has 0 saturated carbocycles. The predicted octanol–water partition coefficient (Wildman–Crippen LogP) is 6.19. The molecule has 2 heterocycles.